The van der Waals surface area contributed by atoms with Gasteiger partial charge in [-0.1, -0.05) is 43.4 Å². The zero-order valence-electron chi connectivity index (χ0n) is 20.9. The Bertz CT molecular complexity index is 1170. The maximum atomic E-state index is 12.8. The molecule has 3 aromatic rings. The third kappa shape index (κ3) is 8.55. The molecular weight excluding hydrogens is 527 g/mol. The van der Waals surface area contributed by atoms with Gasteiger partial charge in [-0.05, 0) is 54.9 Å². The number of alkyl halides is 3. The van der Waals surface area contributed by atoms with Gasteiger partial charge in [0.1, 0.15) is 28.8 Å². The molecule has 0 saturated carbocycles. The van der Waals surface area contributed by atoms with E-state index in [1.807, 2.05) is 0 Å². The van der Waals surface area contributed by atoms with Gasteiger partial charge < -0.3 is 18.6 Å². The second-order valence-electron chi connectivity index (χ2n) is 9.59. The van der Waals surface area contributed by atoms with Crippen molar-refractivity contribution in [3.8, 4) is 17.1 Å². The number of nitrogens with one attached hydrogen (secondary N) is 1. The van der Waals surface area contributed by atoms with Gasteiger partial charge >= 0.3 is 12.3 Å². The minimum atomic E-state index is -4.44. The molecule has 11 heteroatoms. The predicted molar refractivity (Wildman–Crippen MR) is 139 cm³/mol. The van der Waals surface area contributed by atoms with Crippen molar-refractivity contribution >= 4 is 31.5 Å². The van der Waals surface area contributed by atoms with Crippen LogP contribution in [0.2, 0.25) is 30.7 Å². The minimum absolute atomic E-state index is 0.145. The predicted octanol–water partition coefficient (Wildman–Crippen LogP) is 8.62. The summed E-state index contributed by atoms with van der Waals surface area (Å²) in [6.45, 7) is 9.18. The smallest absolute Gasteiger partial charge is 0.416 e. The Morgan fingerprint density at radius 2 is 1.73 bits per heavy atom. The number of carbonyl (C=O) groups excluding carboxylic acids is 1. The first kappa shape index (κ1) is 28.6. The summed E-state index contributed by atoms with van der Waals surface area (Å²) in [7, 11) is -1.16. The number of carbonyl (C=O) groups is 1. The molecule has 37 heavy (non-hydrogen) atoms. The van der Waals surface area contributed by atoms with Gasteiger partial charge in [0.2, 0.25) is 0 Å². The molecule has 1 aromatic heterocycles. The van der Waals surface area contributed by atoms with E-state index in [0.717, 1.165) is 18.2 Å². The van der Waals surface area contributed by atoms with E-state index in [2.05, 4.69) is 25.0 Å². The highest BCUT2D eigenvalue weighted by Crippen LogP contribution is 2.37. The van der Waals surface area contributed by atoms with Gasteiger partial charge in [0.05, 0.1) is 5.56 Å². The summed E-state index contributed by atoms with van der Waals surface area (Å²) in [5.41, 5.74) is 0.454. The molecule has 200 valence electrons. The standard InChI is InChI=1S/C26H29ClF3NO5Si/c1-17(18-5-9-20(10-6-18)26(28,29)30)36-25(32)31-23-22(27)15-34-24(23)19-7-11-21(12-8-19)35-16-33-13-14-37(2,3)4/h5-12,15,17H,13-14,16H2,1-4H3,(H,31,32)/t17-/m1/s1. The van der Waals surface area contributed by atoms with Crippen LogP contribution in [0.15, 0.2) is 59.2 Å². The van der Waals surface area contributed by atoms with Crippen LogP contribution in [0.25, 0.3) is 11.3 Å². The zero-order chi connectivity index (χ0) is 27.2. The molecule has 1 atom stereocenters. The molecule has 2 aromatic carbocycles. The van der Waals surface area contributed by atoms with Gasteiger partial charge in [0.25, 0.3) is 0 Å². The normalized spacial score (nSPS) is 12.8. The Labute approximate surface area is 219 Å². The lowest BCUT2D eigenvalue weighted by Gasteiger charge is -2.16. The fourth-order valence-electron chi connectivity index (χ4n) is 3.22. The van der Waals surface area contributed by atoms with Crippen molar-refractivity contribution in [2.45, 2.75) is 44.9 Å². The fraction of sp³-hybridized carbons (Fsp3) is 0.346. The molecular formula is C26H29ClF3NO5Si. The first-order chi connectivity index (χ1) is 17.3. The Hall–Kier alpha value is -2.95. The summed E-state index contributed by atoms with van der Waals surface area (Å²) < 4.78 is 60.3. The van der Waals surface area contributed by atoms with Crippen LogP contribution in [0.4, 0.5) is 23.7 Å². The van der Waals surface area contributed by atoms with E-state index in [4.69, 9.17) is 30.2 Å². The number of anilines is 1. The van der Waals surface area contributed by atoms with Crippen LogP contribution in [0.5, 0.6) is 5.75 Å². The Balaban J connectivity index is 1.58. The number of amides is 1. The third-order valence-electron chi connectivity index (χ3n) is 5.39. The zero-order valence-corrected chi connectivity index (χ0v) is 22.7. The molecule has 0 aliphatic rings. The van der Waals surface area contributed by atoms with Crippen molar-refractivity contribution in [3.63, 3.8) is 0 Å². The largest absolute Gasteiger partial charge is 0.468 e. The van der Waals surface area contributed by atoms with Crippen molar-refractivity contribution in [3.05, 3.63) is 70.9 Å². The molecule has 0 fully saturated rings. The molecule has 6 nitrogen and oxygen atoms in total. The quantitative estimate of drug-likeness (QED) is 0.154. The molecule has 0 unspecified atom stereocenters. The van der Waals surface area contributed by atoms with Crippen molar-refractivity contribution in [2.24, 2.45) is 0 Å². The molecule has 0 saturated heterocycles. The molecule has 3 rings (SSSR count). The van der Waals surface area contributed by atoms with Gasteiger partial charge in [-0.25, -0.2) is 4.79 Å². The molecule has 0 aliphatic carbocycles. The first-order valence-electron chi connectivity index (χ1n) is 11.6. The Morgan fingerprint density at radius 1 is 1.08 bits per heavy atom. The van der Waals surface area contributed by atoms with E-state index in [1.165, 1.54) is 18.4 Å². The molecule has 0 spiro atoms. The number of furan rings is 1. The number of halogens is 4. The maximum Gasteiger partial charge on any atom is 0.416 e. The van der Waals surface area contributed by atoms with Crippen LogP contribution in [0, 0.1) is 0 Å². The highest BCUT2D eigenvalue weighted by atomic mass is 35.5. The highest BCUT2D eigenvalue weighted by Gasteiger charge is 2.30. The summed E-state index contributed by atoms with van der Waals surface area (Å²) in [6.07, 6.45) is -4.81. The van der Waals surface area contributed by atoms with Crippen LogP contribution in [0.1, 0.15) is 24.2 Å². The topological polar surface area (TPSA) is 69.9 Å². The molecule has 0 aliphatic heterocycles. The second-order valence-corrected chi connectivity index (χ2v) is 15.6. The molecule has 1 amide bonds. The van der Waals surface area contributed by atoms with E-state index >= 15 is 0 Å². The van der Waals surface area contributed by atoms with Gasteiger partial charge in [-0.15, -0.1) is 0 Å². The fourth-order valence-corrected chi connectivity index (χ4v) is 4.15. The second kappa shape index (κ2) is 12.1. The van der Waals surface area contributed by atoms with Crippen LogP contribution in [-0.2, 0) is 15.7 Å². The number of benzene rings is 2. The van der Waals surface area contributed by atoms with E-state index in [-0.39, 0.29) is 17.5 Å². The lowest BCUT2D eigenvalue weighted by molar-refractivity contribution is -0.137. The number of hydrogen-bond donors (Lipinski definition) is 1. The van der Waals surface area contributed by atoms with E-state index in [9.17, 15) is 18.0 Å². The van der Waals surface area contributed by atoms with Crippen molar-refractivity contribution in [1.29, 1.82) is 0 Å². The van der Waals surface area contributed by atoms with Crippen LogP contribution < -0.4 is 10.1 Å². The lowest BCUT2D eigenvalue weighted by Crippen LogP contribution is -2.22. The van der Waals surface area contributed by atoms with Crippen molar-refractivity contribution in [2.75, 3.05) is 18.7 Å². The van der Waals surface area contributed by atoms with E-state index in [0.29, 0.717) is 29.2 Å². The molecule has 0 radical (unpaired) electrons. The van der Waals surface area contributed by atoms with Crippen LogP contribution in [-0.4, -0.2) is 27.6 Å². The van der Waals surface area contributed by atoms with Gasteiger partial charge in [-0.2, -0.15) is 13.2 Å². The van der Waals surface area contributed by atoms with E-state index < -0.39 is 32.0 Å². The van der Waals surface area contributed by atoms with Gasteiger partial charge in [0, 0.05) is 20.2 Å². The third-order valence-corrected chi connectivity index (χ3v) is 7.37. The maximum absolute atomic E-state index is 12.8. The monoisotopic (exact) mass is 555 g/mol. The first-order valence-corrected chi connectivity index (χ1v) is 15.6. The summed E-state index contributed by atoms with van der Waals surface area (Å²) in [5.74, 6) is 0.913. The summed E-state index contributed by atoms with van der Waals surface area (Å²) in [6, 6.07) is 12.4. The molecule has 0 bridgehead atoms. The molecule has 1 heterocycles. The average Bonchev–Trinajstić information content (AvgIpc) is 3.18. The number of rotatable bonds is 10. The number of hydrogen-bond acceptors (Lipinski definition) is 5. The molecule has 1 N–H and O–H groups in total. The van der Waals surface area contributed by atoms with Crippen molar-refractivity contribution in [1.82, 2.24) is 0 Å². The van der Waals surface area contributed by atoms with Crippen LogP contribution >= 0.6 is 11.6 Å². The average molecular weight is 556 g/mol. The highest BCUT2D eigenvalue weighted by molar-refractivity contribution is 6.76. The number of ether oxygens (including phenoxy) is 3. The van der Waals surface area contributed by atoms with E-state index in [1.54, 1.807) is 31.2 Å². The van der Waals surface area contributed by atoms with Gasteiger partial charge in [0.15, 0.2) is 12.6 Å². The summed E-state index contributed by atoms with van der Waals surface area (Å²) >= 11 is 6.21. The van der Waals surface area contributed by atoms with Crippen molar-refractivity contribution < 1.29 is 36.6 Å². The van der Waals surface area contributed by atoms with Gasteiger partial charge in [-0.3, -0.25) is 5.32 Å². The lowest BCUT2D eigenvalue weighted by atomic mass is 10.1. The summed E-state index contributed by atoms with van der Waals surface area (Å²) in [5, 5.41) is 2.71. The SMILES string of the molecule is C[C@@H](OC(=O)Nc1c(Cl)coc1-c1ccc(OCOCC[Si](C)(C)C)cc1)c1ccc(C(F)(F)F)cc1. The summed E-state index contributed by atoms with van der Waals surface area (Å²) in [4.78, 5) is 12.5. The Kier molecular flexibility index (Phi) is 9.33. The minimum Gasteiger partial charge on any atom is -0.468 e. The van der Waals surface area contributed by atoms with Crippen LogP contribution in [0.3, 0.4) is 0 Å². The Morgan fingerprint density at radius 3 is 2.32 bits per heavy atom.